The molecule has 2 aromatic rings. The van der Waals surface area contributed by atoms with Gasteiger partial charge in [0.25, 0.3) is 5.69 Å². The first kappa shape index (κ1) is 19.3. The molecule has 0 aliphatic carbocycles. The largest absolute Gasteiger partial charge is 0.492 e. The molecule has 1 amide bonds. The van der Waals surface area contributed by atoms with Crippen molar-refractivity contribution in [2.75, 3.05) is 13.2 Å². The fraction of sp³-hybridized carbons (Fsp3) is 0.235. The monoisotopic (exact) mass is 424 g/mol. The maximum absolute atomic E-state index is 12.1. The third kappa shape index (κ3) is 6.39. The summed E-state index contributed by atoms with van der Waals surface area (Å²) >= 11 is 4.71. The molecule has 0 fully saturated rings. The standard InChI is InChI=1S/C17H17BrN2O4S/c1-12(25-16-7-5-14(6-8-16)20(22)23)17(21)19-9-10-24-15-4-2-3-13(18)11-15/h2-8,11-12H,9-10H2,1H3,(H,19,21). The van der Waals surface area contributed by atoms with Crippen molar-refractivity contribution in [3.63, 3.8) is 0 Å². The number of nitrogens with zero attached hydrogens (tertiary/aromatic N) is 1. The molecule has 2 rings (SSSR count). The molecule has 1 atom stereocenters. The fourth-order valence-corrected chi connectivity index (χ4v) is 3.22. The van der Waals surface area contributed by atoms with Crippen molar-refractivity contribution in [3.8, 4) is 5.75 Å². The van der Waals surface area contributed by atoms with Crippen molar-refractivity contribution in [3.05, 3.63) is 63.1 Å². The molecule has 0 saturated heterocycles. The minimum Gasteiger partial charge on any atom is -0.492 e. The summed E-state index contributed by atoms with van der Waals surface area (Å²) in [6.45, 7) is 2.56. The number of thioether (sulfide) groups is 1. The molecule has 0 bridgehead atoms. The van der Waals surface area contributed by atoms with Gasteiger partial charge in [-0.05, 0) is 37.3 Å². The normalized spacial score (nSPS) is 11.6. The number of nitro groups is 1. The van der Waals surface area contributed by atoms with Gasteiger partial charge in [-0.2, -0.15) is 0 Å². The minimum absolute atomic E-state index is 0.0335. The van der Waals surface area contributed by atoms with Crippen molar-refractivity contribution in [2.24, 2.45) is 0 Å². The van der Waals surface area contributed by atoms with Gasteiger partial charge < -0.3 is 10.1 Å². The Morgan fingerprint density at radius 2 is 2.04 bits per heavy atom. The number of benzene rings is 2. The van der Waals surface area contributed by atoms with Crippen molar-refractivity contribution >= 4 is 39.3 Å². The highest BCUT2D eigenvalue weighted by Gasteiger charge is 2.14. The second kappa shape index (κ2) is 9.43. The van der Waals surface area contributed by atoms with Gasteiger partial charge in [0.15, 0.2) is 0 Å². The SMILES string of the molecule is CC(Sc1ccc([N+](=O)[O-])cc1)C(=O)NCCOc1cccc(Br)c1. The van der Waals surface area contributed by atoms with Gasteiger partial charge in [0.1, 0.15) is 12.4 Å². The zero-order valence-corrected chi connectivity index (χ0v) is 15.9. The number of amides is 1. The molecule has 0 aliphatic heterocycles. The van der Waals surface area contributed by atoms with Crippen LogP contribution in [0.3, 0.4) is 0 Å². The van der Waals surface area contributed by atoms with Crippen LogP contribution in [0.1, 0.15) is 6.92 Å². The van der Waals surface area contributed by atoms with Crippen molar-refractivity contribution in [2.45, 2.75) is 17.1 Å². The molecule has 1 unspecified atom stereocenters. The van der Waals surface area contributed by atoms with Crippen LogP contribution in [0.5, 0.6) is 5.75 Å². The first-order valence-electron chi connectivity index (χ1n) is 7.53. The van der Waals surface area contributed by atoms with Crippen molar-refractivity contribution < 1.29 is 14.5 Å². The molecule has 132 valence electrons. The van der Waals surface area contributed by atoms with E-state index in [1.807, 2.05) is 24.3 Å². The van der Waals surface area contributed by atoms with Crippen LogP contribution in [-0.4, -0.2) is 29.2 Å². The Morgan fingerprint density at radius 3 is 2.68 bits per heavy atom. The summed E-state index contributed by atoms with van der Waals surface area (Å²) in [6, 6.07) is 13.6. The van der Waals surface area contributed by atoms with E-state index in [0.29, 0.717) is 13.2 Å². The number of ether oxygens (including phenoxy) is 1. The third-order valence-corrected chi connectivity index (χ3v) is 4.80. The lowest BCUT2D eigenvalue weighted by molar-refractivity contribution is -0.384. The molecule has 0 heterocycles. The van der Waals surface area contributed by atoms with E-state index in [-0.39, 0.29) is 16.8 Å². The Kier molecular flexibility index (Phi) is 7.27. The van der Waals surface area contributed by atoms with Gasteiger partial charge in [-0.15, -0.1) is 11.8 Å². The number of hydrogen-bond acceptors (Lipinski definition) is 5. The van der Waals surface area contributed by atoms with Crippen LogP contribution in [0, 0.1) is 10.1 Å². The van der Waals surface area contributed by atoms with Crippen molar-refractivity contribution in [1.29, 1.82) is 0 Å². The molecule has 0 spiro atoms. The van der Waals surface area contributed by atoms with E-state index in [2.05, 4.69) is 21.2 Å². The molecule has 25 heavy (non-hydrogen) atoms. The first-order chi connectivity index (χ1) is 12.0. The molecule has 0 saturated carbocycles. The first-order valence-corrected chi connectivity index (χ1v) is 9.20. The Balaban J connectivity index is 1.73. The summed E-state index contributed by atoms with van der Waals surface area (Å²) in [7, 11) is 0. The number of hydrogen-bond donors (Lipinski definition) is 1. The van der Waals surface area contributed by atoms with Crippen LogP contribution < -0.4 is 10.1 Å². The molecule has 0 aliphatic rings. The van der Waals surface area contributed by atoms with Crippen LogP contribution in [0.2, 0.25) is 0 Å². The van der Waals surface area contributed by atoms with E-state index in [1.54, 1.807) is 19.1 Å². The molecule has 0 radical (unpaired) electrons. The van der Waals surface area contributed by atoms with E-state index in [9.17, 15) is 14.9 Å². The molecular formula is C17H17BrN2O4S. The highest BCUT2D eigenvalue weighted by Crippen LogP contribution is 2.25. The van der Waals surface area contributed by atoms with E-state index in [1.165, 1.54) is 23.9 Å². The van der Waals surface area contributed by atoms with Crippen LogP contribution >= 0.6 is 27.7 Å². The number of nitro benzene ring substituents is 1. The summed E-state index contributed by atoms with van der Waals surface area (Å²) < 4.78 is 6.49. The average Bonchev–Trinajstić information content (AvgIpc) is 2.59. The van der Waals surface area contributed by atoms with Gasteiger partial charge in [-0.25, -0.2) is 0 Å². The lowest BCUT2D eigenvalue weighted by Crippen LogP contribution is -2.33. The highest BCUT2D eigenvalue weighted by molar-refractivity contribution is 9.10. The van der Waals surface area contributed by atoms with Gasteiger partial charge in [-0.3, -0.25) is 14.9 Å². The maximum Gasteiger partial charge on any atom is 0.269 e. The Morgan fingerprint density at radius 1 is 1.32 bits per heavy atom. The van der Waals surface area contributed by atoms with E-state index >= 15 is 0 Å². The molecular weight excluding hydrogens is 408 g/mol. The number of carbonyl (C=O) groups excluding carboxylic acids is 1. The molecule has 6 nitrogen and oxygen atoms in total. The summed E-state index contributed by atoms with van der Waals surface area (Å²) in [5.41, 5.74) is 0.0335. The van der Waals surface area contributed by atoms with Crippen molar-refractivity contribution in [1.82, 2.24) is 5.32 Å². The molecule has 1 N–H and O–H groups in total. The quantitative estimate of drug-likeness (QED) is 0.299. The summed E-state index contributed by atoms with van der Waals surface area (Å²) in [6.07, 6.45) is 0. The number of non-ortho nitro benzene ring substituents is 1. The highest BCUT2D eigenvalue weighted by atomic mass is 79.9. The lowest BCUT2D eigenvalue weighted by atomic mass is 10.3. The van der Waals surface area contributed by atoms with Gasteiger partial charge >= 0.3 is 0 Å². The predicted octanol–water partition coefficient (Wildman–Crippen LogP) is 4.03. The van der Waals surface area contributed by atoms with Gasteiger partial charge in [0.05, 0.1) is 16.7 Å². The van der Waals surface area contributed by atoms with E-state index in [4.69, 9.17) is 4.74 Å². The summed E-state index contributed by atoms with van der Waals surface area (Å²) in [5.74, 6) is 0.623. The minimum atomic E-state index is -0.449. The number of rotatable bonds is 8. The van der Waals surface area contributed by atoms with Crippen LogP contribution in [0.4, 0.5) is 5.69 Å². The van der Waals surface area contributed by atoms with Crippen LogP contribution in [-0.2, 0) is 4.79 Å². The van der Waals surface area contributed by atoms with Crippen LogP contribution in [0.25, 0.3) is 0 Å². The Hall–Kier alpha value is -2.06. The van der Waals surface area contributed by atoms with Crippen LogP contribution in [0.15, 0.2) is 57.9 Å². The Labute approximate surface area is 158 Å². The van der Waals surface area contributed by atoms with Gasteiger partial charge in [-0.1, -0.05) is 22.0 Å². The second-order valence-corrected chi connectivity index (χ2v) is 7.44. The average molecular weight is 425 g/mol. The smallest absolute Gasteiger partial charge is 0.269 e. The summed E-state index contributed by atoms with van der Waals surface area (Å²) in [4.78, 5) is 23.1. The fourth-order valence-electron chi connectivity index (χ4n) is 1.95. The molecule has 0 aromatic heterocycles. The zero-order valence-electron chi connectivity index (χ0n) is 13.5. The van der Waals surface area contributed by atoms with Gasteiger partial charge in [0, 0.05) is 21.5 Å². The maximum atomic E-state index is 12.1. The molecule has 8 heteroatoms. The Bertz CT molecular complexity index is 740. The number of carbonyl (C=O) groups is 1. The number of nitrogens with one attached hydrogen (secondary N) is 1. The predicted molar refractivity (Wildman–Crippen MR) is 101 cm³/mol. The second-order valence-electron chi connectivity index (χ2n) is 5.11. The lowest BCUT2D eigenvalue weighted by Gasteiger charge is -2.12. The summed E-state index contributed by atoms with van der Waals surface area (Å²) in [5, 5.41) is 13.1. The zero-order chi connectivity index (χ0) is 18.2. The molecule has 2 aromatic carbocycles. The topological polar surface area (TPSA) is 81.5 Å². The van der Waals surface area contributed by atoms with E-state index < -0.39 is 4.92 Å². The van der Waals surface area contributed by atoms with E-state index in [0.717, 1.165) is 15.1 Å². The number of halogens is 1. The third-order valence-electron chi connectivity index (χ3n) is 3.20. The van der Waals surface area contributed by atoms with Gasteiger partial charge in [0.2, 0.25) is 5.91 Å².